The molecular formula is C31H56NaO3S. The van der Waals surface area contributed by atoms with Gasteiger partial charge in [0.2, 0.25) is 0 Å². The van der Waals surface area contributed by atoms with E-state index in [-0.39, 0.29) is 36.2 Å². The van der Waals surface area contributed by atoms with Crippen LogP contribution < -0.4 is 0 Å². The second-order valence-electron chi connectivity index (χ2n) is 10.5. The first-order valence-electron chi connectivity index (χ1n) is 15.0. The molecule has 0 heterocycles. The average molecular weight is 532 g/mol. The smallest absolute Gasteiger partial charge is 0.266 e. The van der Waals surface area contributed by atoms with Crippen molar-refractivity contribution in [3.05, 3.63) is 29.8 Å². The number of aryl methyl sites for hydroxylation is 1. The first kappa shape index (κ1) is 36.1. The second kappa shape index (κ2) is 25.4. The molecule has 0 aliphatic heterocycles. The van der Waals surface area contributed by atoms with E-state index < -0.39 is 10.1 Å². The summed E-state index contributed by atoms with van der Waals surface area (Å²) in [7, 11) is -3.62. The monoisotopic (exact) mass is 531 g/mol. The van der Waals surface area contributed by atoms with Crippen molar-refractivity contribution in [1.29, 1.82) is 0 Å². The van der Waals surface area contributed by atoms with E-state index in [1.165, 1.54) is 128 Å². The van der Waals surface area contributed by atoms with Gasteiger partial charge in [0, 0.05) is 29.6 Å². The molecule has 0 aliphatic carbocycles. The Labute approximate surface area is 247 Å². The van der Waals surface area contributed by atoms with E-state index in [1.807, 2.05) is 6.07 Å². The molecule has 0 amide bonds. The molecule has 36 heavy (non-hydrogen) atoms. The fourth-order valence-corrected chi connectivity index (χ4v) is 5.95. The third-order valence-electron chi connectivity index (χ3n) is 7.10. The number of benzene rings is 1. The van der Waals surface area contributed by atoms with Gasteiger partial charge in [0.15, 0.2) is 0 Å². The van der Waals surface area contributed by atoms with Gasteiger partial charge in [0.05, 0.1) is 11.5 Å². The molecular weight excluding hydrogens is 475 g/mol. The summed E-state index contributed by atoms with van der Waals surface area (Å²) in [4.78, 5) is 0.291. The van der Waals surface area contributed by atoms with Crippen molar-refractivity contribution in [1.82, 2.24) is 0 Å². The van der Waals surface area contributed by atoms with Crippen LogP contribution in [-0.4, -0.2) is 44.6 Å². The van der Waals surface area contributed by atoms with Crippen LogP contribution in [0.2, 0.25) is 0 Å². The van der Waals surface area contributed by atoms with Gasteiger partial charge in [-0.3, -0.25) is 4.18 Å². The molecule has 0 saturated carbocycles. The summed E-state index contributed by atoms with van der Waals surface area (Å²) in [6.07, 6.45) is 29.8. The van der Waals surface area contributed by atoms with Crippen LogP contribution in [0, 0.1) is 6.92 Å². The van der Waals surface area contributed by atoms with Crippen LogP contribution in [0.3, 0.4) is 0 Å². The first-order chi connectivity index (χ1) is 17.1. The average Bonchev–Trinajstić information content (AvgIpc) is 2.84. The van der Waals surface area contributed by atoms with Crippen molar-refractivity contribution in [3.8, 4) is 0 Å². The van der Waals surface area contributed by atoms with E-state index in [9.17, 15) is 8.42 Å². The molecule has 1 aromatic rings. The predicted octanol–water partition coefficient (Wildman–Crippen LogP) is 9.92. The van der Waals surface area contributed by atoms with E-state index in [4.69, 9.17) is 4.18 Å². The van der Waals surface area contributed by atoms with Crippen LogP contribution in [0.15, 0.2) is 29.2 Å². The topological polar surface area (TPSA) is 43.4 Å². The zero-order valence-electron chi connectivity index (χ0n) is 24.2. The van der Waals surface area contributed by atoms with E-state index in [1.54, 1.807) is 25.1 Å². The molecule has 1 radical (unpaired) electrons. The maximum atomic E-state index is 12.2. The van der Waals surface area contributed by atoms with Gasteiger partial charge in [-0.15, -0.1) is 0 Å². The molecule has 205 valence electrons. The standard InChI is InChI=1S/C31H56O3S.Na/c1-3-4-5-6-7-8-9-10-11-12-13-14-15-16-17-18-19-20-21-22-23-26-29-34-35(32,33)31-28-25-24-27-30(31)2;/h24-25,27-28H,3-23,26,29H2,1-2H3;. The summed E-state index contributed by atoms with van der Waals surface area (Å²) < 4.78 is 29.7. The van der Waals surface area contributed by atoms with Crippen LogP contribution in [0.5, 0.6) is 0 Å². The van der Waals surface area contributed by atoms with Gasteiger partial charge in [-0.2, -0.15) is 8.42 Å². The summed E-state index contributed by atoms with van der Waals surface area (Å²) in [6, 6.07) is 7.00. The van der Waals surface area contributed by atoms with Gasteiger partial charge in [-0.05, 0) is 25.0 Å². The number of unbranched alkanes of at least 4 members (excludes halogenated alkanes) is 21. The second-order valence-corrected chi connectivity index (χ2v) is 12.0. The Hall–Kier alpha value is 0.130. The molecule has 0 aromatic heterocycles. The van der Waals surface area contributed by atoms with Crippen LogP contribution in [0.1, 0.15) is 154 Å². The summed E-state index contributed by atoms with van der Waals surface area (Å²) in [6.45, 7) is 4.38. The molecule has 0 fully saturated rings. The van der Waals surface area contributed by atoms with Gasteiger partial charge in [0.25, 0.3) is 10.1 Å². The van der Waals surface area contributed by atoms with Gasteiger partial charge in [-0.25, -0.2) is 0 Å². The molecule has 0 spiro atoms. The summed E-state index contributed by atoms with van der Waals surface area (Å²) >= 11 is 0. The van der Waals surface area contributed by atoms with Crippen molar-refractivity contribution in [2.45, 2.75) is 160 Å². The third-order valence-corrected chi connectivity index (χ3v) is 8.57. The van der Waals surface area contributed by atoms with Crippen LogP contribution in [-0.2, 0) is 14.3 Å². The minimum Gasteiger partial charge on any atom is -0.266 e. The molecule has 0 N–H and O–H groups in total. The minimum atomic E-state index is -3.62. The Morgan fingerprint density at radius 3 is 1.25 bits per heavy atom. The largest absolute Gasteiger partial charge is 0.297 e. The molecule has 0 atom stereocenters. The maximum absolute atomic E-state index is 12.2. The molecule has 0 saturated heterocycles. The van der Waals surface area contributed by atoms with Gasteiger partial charge < -0.3 is 0 Å². The molecule has 0 bridgehead atoms. The number of hydrogen-bond acceptors (Lipinski definition) is 3. The Bertz CT molecular complexity index is 706. The number of hydrogen-bond donors (Lipinski definition) is 0. The third kappa shape index (κ3) is 20.1. The Balaban J connectivity index is 0.0000122. The van der Waals surface area contributed by atoms with Crippen molar-refractivity contribution in [2.24, 2.45) is 0 Å². The summed E-state index contributed by atoms with van der Waals surface area (Å²) in [5, 5.41) is 0. The Morgan fingerprint density at radius 1 is 0.556 bits per heavy atom. The first-order valence-corrected chi connectivity index (χ1v) is 16.4. The van der Waals surface area contributed by atoms with E-state index in [2.05, 4.69) is 6.92 Å². The van der Waals surface area contributed by atoms with Gasteiger partial charge in [-0.1, -0.05) is 160 Å². The zero-order chi connectivity index (χ0) is 25.5. The van der Waals surface area contributed by atoms with Gasteiger partial charge in [0.1, 0.15) is 0 Å². The van der Waals surface area contributed by atoms with E-state index in [0.717, 1.165) is 18.4 Å². The quantitative estimate of drug-likeness (QED) is 0.0716. The Kier molecular flexibility index (Phi) is 25.5. The fraction of sp³-hybridized carbons (Fsp3) is 0.806. The zero-order valence-corrected chi connectivity index (χ0v) is 27.0. The summed E-state index contributed by atoms with van der Waals surface area (Å²) in [5.41, 5.74) is 0.738. The van der Waals surface area contributed by atoms with Crippen molar-refractivity contribution in [2.75, 3.05) is 6.61 Å². The number of rotatable bonds is 25. The van der Waals surface area contributed by atoms with Gasteiger partial charge >= 0.3 is 0 Å². The predicted molar refractivity (Wildman–Crippen MR) is 157 cm³/mol. The van der Waals surface area contributed by atoms with Crippen molar-refractivity contribution >= 4 is 39.7 Å². The normalized spacial score (nSPS) is 11.5. The molecule has 0 aliphatic rings. The summed E-state index contributed by atoms with van der Waals surface area (Å²) in [5.74, 6) is 0. The molecule has 3 nitrogen and oxygen atoms in total. The molecule has 0 unspecified atom stereocenters. The van der Waals surface area contributed by atoms with E-state index in [0.29, 0.717) is 4.90 Å². The fourth-order valence-electron chi connectivity index (χ4n) is 4.78. The van der Waals surface area contributed by atoms with Crippen molar-refractivity contribution < 1.29 is 12.6 Å². The molecule has 5 heteroatoms. The van der Waals surface area contributed by atoms with Crippen LogP contribution in [0.4, 0.5) is 0 Å². The van der Waals surface area contributed by atoms with Crippen LogP contribution >= 0.6 is 0 Å². The molecule has 1 rings (SSSR count). The van der Waals surface area contributed by atoms with E-state index >= 15 is 0 Å². The minimum absolute atomic E-state index is 0. The molecule has 1 aromatic carbocycles. The SMILES string of the molecule is CCCCCCCCCCCCCCCCCCCCCCCCOS(=O)(=O)c1ccccc1C.[Na]. The Morgan fingerprint density at radius 2 is 0.889 bits per heavy atom. The van der Waals surface area contributed by atoms with Crippen LogP contribution in [0.25, 0.3) is 0 Å². The van der Waals surface area contributed by atoms with Crippen molar-refractivity contribution in [3.63, 3.8) is 0 Å². The maximum Gasteiger partial charge on any atom is 0.297 e.